The molecule has 0 saturated carbocycles. The Kier molecular flexibility index (Phi) is 14.7. The summed E-state index contributed by atoms with van der Waals surface area (Å²) in [7, 11) is 0. The van der Waals surface area contributed by atoms with Crippen molar-refractivity contribution in [2.45, 2.75) is 98.8 Å². The number of rotatable bonds is 10. The quantitative estimate of drug-likeness (QED) is 0.221. The van der Waals surface area contributed by atoms with E-state index in [1.54, 1.807) is 16.7 Å². The average molecular weight is 490 g/mol. The van der Waals surface area contributed by atoms with E-state index in [4.69, 9.17) is 0 Å². The predicted molar refractivity (Wildman–Crippen MR) is 98.0 cm³/mol. The standard InChI is InChI=1S/C20H35.ClH.Hf/c1-6-11-17-16-20(14-9-4,15-10-5)19(13-8-3)18(17)12-7-2;;/h6-15H2,1-5H3;1H;/q-1;;. The molecule has 0 spiro atoms. The second kappa shape index (κ2) is 13.0. The summed E-state index contributed by atoms with van der Waals surface area (Å²) in [5.41, 5.74) is 5.36. The van der Waals surface area contributed by atoms with Gasteiger partial charge < -0.3 is 0 Å². The second-order valence-corrected chi connectivity index (χ2v) is 6.39. The van der Waals surface area contributed by atoms with Gasteiger partial charge in [-0.1, -0.05) is 97.8 Å². The molecule has 1 rings (SSSR count). The van der Waals surface area contributed by atoms with Gasteiger partial charge in [0.15, 0.2) is 0 Å². The summed E-state index contributed by atoms with van der Waals surface area (Å²) in [5, 5.41) is 0. The molecule has 0 N–H and O–H groups in total. The van der Waals surface area contributed by atoms with Crippen molar-refractivity contribution in [2.75, 3.05) is 0 Å². The van der Waals surface area contributed by atoms with Gasteiger partial charge in [0.05, 0.1) is 0 Å². The van der Waals surface area contributed by atoms with Gasteiger partial charge in [-0.3, -0.25) is 6.08 Å². The van der Waals surface area contributed by atoms with Gasteiger partial charge in [-0.15, -0.1) is 12.4 Å². The van der Waals surface area contributed by atoms with Crippen LogP contribution in [0.1, 0.15) is 98.8 Å². The third-order valence-electron chi connectivity index (χ3n) is 4.55. The van der Waals surface area contributed by atoms with Crippen LogP contribution < -0.4 is 0 Å². The maximum Gasteiger partial charge on any atom is 0 e. The first-order valence-corrected chi connectivity index (χ1v) is 9.05. The minimum absolute atomic E-state index is 0. The molecule has 0 nitrogen and oxygen atoms in total. The molecule has 0 aromatic rings. The maximum absolute atomic E-state index is 4.02. The van der Waals surface area contributed by atoms with E-state index >= 15 is 0 Å². The zero-order valence-electron chi connectivity index (χ0n) is 15.5. The molecule has 0 atom stereocenters. The molecular weight excluding hydrogens is 454 g/mol. The molecule has 0 heterocycles. The summed E-state index contributed by atoms with van der Waals surface area (Å²) in [6.45, 7) is 11.6. The second-order valence-electron chi connectivity index (χ2n) is 6.39. The largest absolute Gasteiger partial charge is 0.262 e. The number of hydrogen-bond donors (Lipinski definition) is 0. The van der Waals surface area contributed by atoms with Crippen LogP contribution in [0.4, 0.5) is 0 Å². The van der Waals surface area contributed by atoms with E-state index in [-0.39, 0.29) is 38.3 Å². The molecule has 1 aliphatic carbocycles. The Morgan fingerprint density at radius 1 is 0.727 bits per heavy atom. The van der Waals surface area contributed by atoms with Crippen molar-refractivity contribution in [1.82, 2.24) is 0 Å². The van der Waals surface area contributed by atoms with Gasteiger partial charge >= 0.3 is 0 Å². The molecular formula is C20H36ClHf-. The zero-order valence-corrected chi connectivity index (χ0v) is 19.9. The van der Waals surface area contributed by atoms with E-state index in [9.17, 15) is 0 Å². The van der Waals surface area contributed by atoms with Gasteiger partial charge in [-0.25, -0.2) is 5.57 Å². The van der Waals surface area contributed by atoms with Gasteiger partial charge in [0, 0.05) is 25.8 Å². The van der Waals surface area contributed by atoms with Crippen molar-refractivity contribution in [2.24, 2.45) is 5.41 Å². The molecule has 0 aromatic heterocycles. The van der Waals surface area contributed by atoms with Crippen LogP contribution in [-0.4, -0.2) is 0 Å². The number of hydrogen-bond acceptors (Lipinski definition) is 0. The van der Waals surface area contributed by atoms with E-state index in [1.807, 2.05) is 0 Å². The number of halogens is 1. The molecule has 0 amide bonds. The van der Waals surface area contributed by atoms with Gasteiger partial charge in [-0.2, -0.15) is 11.1 Å². The predicted octanol–water partition coefficient (Wildman–Crippen LogP) is 7.43. The number of allylic oxidation sites excluding steroid dienone is 4. The monoisotopic (exact) mass is 491 g/mol. The normalized spacial score (nSPS) is 16.1. The van der Waals surface area contributed by atoms with Crippen LogP contribution in [0.15, 0.2) is 16.7 Å². The summed E-state index contributed by atoms with van der Waals surface area (Å²) < 4.78 is 0. The molecule has 0 unspecified atom stereocenters. The summed E-state index contributed by atoms with van der Waals surface area (Å²) in [6.07, 6.45) is 16.8. The first-order chi connectivity index (χ1) is 9.68. The van der Waals surface area contributed by atoms with Gasteiger partial charge in [0.2, 0.25) is 0 Å². The van der Waals surface area contributed by atoms with Crippen molar-refractivity contribution in [3.63, 3.8) is 0 Å². The van der Waals surface area contributed by atoms with Crippen molar-refractivity contribution in [3.05, 3.63) is 22.8 Å². The fourth-order valence-electron chi connectivity index (χ4n) is 3.97. The molecule has 0 radical (unpaired) electrons. The minimum Gasteiger partial charge on any atom is -0.262 e. The van der Waals surface area contributed by atoms with Crippen LogP contribution in [0.5, 0.6) is 0 Å². The molecule has 0 aromatic carbocycles. The summed E-state index contributed by atoms with van der Waals surface area (Å²) in [6, 6.07) is 0. The average Bonchev–Trinajstić information content (AvgIpc) is 2.67. The Hall–Kier alpha value is 0.640. The van der Waals surface area contributed by atoms with Crippen LogP contribution in [0.2, 0.25) is 0 Å². The van der Waals surface area contributed by atoms with Crippen molar-refractivity contribution >= 4 is 12.4 Å². The van der Waals surface area contributed by atoms with E-state index in [0.29, 0.717) is 5.41 Å². The molecule has 0 bridgehead atoms. The zero-order chi connectivity index (χ0) is 15.0. The molecule has 0 saturated heterocycles. The topological polar surface area (TPSA) is 0 Å². The maximum atomic E-state index is 4.02. The fourth-order valence-corrected chi connectivity index (χ4v) is 3.97. The van der Waals surface area contributed by atoms with Crippen molar-refractivity contribution < 1.29 is 25.8 Å². The first kappa shape index (κ1) is 24.9. The smallest absolute Gasteiger partial charge is 0 e. The summed E-state index contributed by atoms with van der Waals surface area (Å²) in [5.74, 6) is 0. The summed E-state index contributed by atoms with van der Waals surface area (Å²) in [4.78, 5) is 0. The van der Waals surface area contributed by atoms with Crippen LogP contribution in [0, 0.1) is 11.5 Å². The van der Waals surface area contributed by atoms with Crippen LogP contribution in [-0.2, 0) is 25.8 Å². The van der Waals surface area contributed by atoms with E-state index in [2.05, 4.69) is 40.7 Å². The minimum atomic E-state index is 0. The first-order valence-electron chi connectivity index (χ1n) is 9.05. The van der Waals surface area contributed by atoms with Crippen molar-refractivity contribution in [3.8, 4) is 0 Å². The van der Waals surface area contributed by atoms with Gasteiger partial charge in [-0.05, 0) is 6.42 Å². The fraction of sp³-hybridized carbons (Fsp3) is 0.800. The Bertz CT molecular complexity index is 349. The Labute approximate surface area is 164 Å². The third kappa shape index (κ3) is 5.93. The Morgan fingerprint density at radius 3 is 1.64 bits per heavy atom. The Morgan fingerprint density at radius 2 is 1.23 bits per heavy atom. The molecule has 0 aliphatic heterocycles. The van der Waals surface area contributed by atoms with Gasteiger partial charge in [0.1, 0.15) is 0 Å². The van der Waals surface area contributed by atoms with Crippen LogP contribution >= 0.6 is 12.4 Å². The molecule has 0 fully saturated rings. The molecule has 22 heavy (non-hydrogen) atoms. The Balaban J connectivity index is 0. The molecule has 1 aliphatic rings. The molecule has 128 valence electrons. The van der Waals surface area contributed by atoms with E-state index in [0.717, 1.165) is 0 Å². The summed E-state index contributed by atoms with van der Waals surface area (Å²) >= 11 is 0. The van der Waals surface area contributed by atoms with Crippen LogP contribution in [0.25, 0.3) is 0 Å². The molecule has 2 heteroatoms. The van der Waals surface area contributed by atoms with E-state index in [1.165, 1.54) is 64.2 Å². The van der Waals surface area contributed by atoms with Gasteiger partial charge in [0.25, 0.3) is 0 Å². The SMILES string of the molecule is CCCC1=[C-]C(CCC)(CCC)C(CCC)=C1CCC.Cl.[Hf]. The van der Waals surface area contributed by atoms with Crippen molar-refractivity contribution in [1.29, 1.82) is 0 Å². The van der Waals surface area contributed by atoms with Crippen LogP contribution in [0.3, 0.4) is 0 Å². The van der Waals surface area contributed by atoms with E-state index < -0.39 is 0 Å². The third-order valence-corrected chi connectivity index (χ3v) is 4.55.